The van der Waals surface area contributed by atoms with Crippen LogP contribution in [0.2, 0.25) is 0 Å². The van der Waals surface area contributed by atoms with Gasteiger partial charge in [0.2, 0.25) is 0 Å². The lowest BCUT2D eigenvalue weighted by Crippen LogP contribution is -2.59. The van der Waals surface area contributed by atoms with Crippen LogP contribution < -0.4 is 11.5 Å². The summed E-state index contributed by atoms with van der Waals surface area (Å²) in [4.78, 5) is 0. The van der Waals surface area contributed by atoms with Gasteiger partial charge in [-0.1, -0.05) is 24.5 Å². The molecule has 2 heterocycles. The number of hydrogen-bond acceptors (Lipinski definition) is 8. The number of rotatable bonds is 3. The number of aromatic nitrogens is 3. The topological polar surface area (TPSA) is 140 Å². The van der Waals surface area contributed by atoms with Crippen LogP contribution in [0.25, 0.3) is 0 Å². The molecule has 1 atom stereocenters. The molecule has 1 unspecified atom stereocenters. The maximum absolute atomic E-state index is 6.03. The Kier molecular flexibility index (Phi) is 2.93. The molecule has 20 heavy (non-hydrogen) atoms. The third-order valence-electron chi connectivity index (χ3n) is 4.37. The van der Waals surface area contributed by atoms with Gasteiger partial charge in [0.05, 0.1) is 5.41 Å². The number of H-pyrrole nitrogens is 1. The van der Waals surface area contributed by atoms with Crippen molar-refractivity contribution in [2.45, 2.75) is 43.2 Å². The van der Waals surface area contributed by atoms with Crippen LogP contribution in [0.4, 0.5) is 5.82 Å². The zero-order valence-corrected chi connectivity index (χ0v) is 11.3. The van der Waals surface area contributed by atoms with Crippen molar-refractivity contribution in [2.75, 3.05) is 12.8 Å². The molecule has 9 nitrogen and oxygen atoms in total. The number of amidine groups is 1. The highest BCUT2D eigenvalue weighted by atomic mass is 16.5. The summed E-state index contributed by atoms with van der Waals surface area (Å²) in [5, 5.41) is 22.4. The normalized spacial score (nSPS) is 28.6. The fraction of sp³-hybridized carbons (Fsp3) is 0.727. The van der Waals surface area contributed by atoms with Crippen molar-refractivity contribution in [1.29, 1.82) is 0 Å². The van der Waals surface area contributed by atoms with E-state index in [1.54, 1.807) is 7.11 Å². The van der Waals surface area contributed by atoms with E-state index in [0.29, 0.717) is 11.5 Å². The Morgan fingerprint density at radius 1 is 1.20 bits per heavy atom. The lowest BCUT2D eigenvalue weighted by Gasteiger charge is -2.45. The van der Waals surface area contributed by atoms with Gasteiger partial charge in [0.15, 0.2) is 5.84 Å². The molecule has 3 rings (SSSR count). The standard InChI is InChI=1S/C11H18N8O/c1-20-11(9(13)16-19-17-11)10(5-3-2-4-6-10)7-8(12)15-18-14-7/h2-6H2,1H3,(H2,13,16,17)(H3,12,14,15,18). The van der Waals surface area contributed by atoms with Gasteiger partial charge in [-0.15, -0.1) is 15.3 Å². The molecule has 0 aromatic carbocycles. The summed E-state index contributed by atoms with van der Waals surface area (Å²) in [6, 6.07) is 0. The molecule has 1 fully saturated rings. The highest BCUT2D eigenvalue weighted by Crippen LogP contribution is 2.51. The molecule has 1 aliphatic heterocycles. The van der Waals surface area contributed by atoms with Crippen LogP contribution >= 0.6 is 0 Å². The van der Waals surface area contributed by atoms with E-state index < -0.39 is 11.1 Å². The smallest absolute Gasteiger partial charge is 0.252 e. The summed E-state index contributed by atoms with van der Waals surface area (Å²) in [6.45, 7) is 0. The molecule has 0 spiro atoms. The van der Waals surface area contributed by atoms with E-state index in [0.717, 1.165) is 32.1 Å². The summed E-state index contributed by atoms with van der Waals surface area (Å²) < 4.78 is 5.68. The van der Waals surface area contributed by atoms with Gasteiger partial charge in [-0.2, -0.15) is 0 Å². The van der Waals surface area contributed by atoms with E-state index >= 15 is 0 Å². The van der Waals surface area contributed by atoms with Gasteiger partial charge >= 0.3 is 0 Å². The zero-order valence-electron chi connectivity index (χ0n) is 11.3. The quantitative estimate of drug-likeness (QED) is 0.745. The van der Waals surface area contributed by atoms with Crippen LogP contribution in [-0.2, 0) is 10.2 Å². The number of nitrogens with one attached hydrogen (secondary N) is 1. The van der Waals surface area contributed by atoms with Gasteiger partial charge in [0.1, 0.15) is 11.5 Å². The van der Waals surface area contributed by atoms with E-state index in [2.05, 4.69) is 30.8 Å². The third kappa shape index (κ3) is 1.49. The number of methoxy groups -OCH3 is 1. The second-order valence-electron chi connectivity index (χ2n) is 5.24. The van der Waals surface area contributed by atoms with Crippen LogP contribution in [0.1, 0.15) is 37.8 Å². The number of nitrogens with zero attached hydrogens (tertiary/aromatic N) is 5. The van der Waals surface area contributed by atoms with Crippen molar-refractivity contribution in [1.82, 2.24) is 15.4 Å². The number of nitrogens with two attached hydrogens (primary N) is 2. The molecule has 1 aliphatic carbocycles. The van der Waals surface area contributed by atoms with E-state index in [4.69, 9.17) is 16.2 Å². The largest absolute Gasteiger partial charge is 0.382 e. The molecule has 1 aromatic rings. The van der Waals surface area contributed by atoms with Gasteiger partial charge in [0, 0.05) is 7.11 Å². The van der Waals surface area contributed by atoms with Crippen molar-refractivity contribution >= 4 is 11.7 Å². The van der Waals surface area contributed by atoms with Crippen LogP contribution in [-0.4, -0.2) is 34.1 Å². The van der Waals surface area contributed by atoms with E-state index in [-0.39, 0.29) is 5.84 Å². The molecule has 9 heteroatoms. The maximum Gasteiger partial charge on any atom is 0.252 e. The van der Waals surface area contributed by atoms with Crippen molar-refractivity contribution in [3.05, 3.63) is 5.69 Å². The van der Waals surface area contributed by atoms with Crippen molar-refractivity contribution < 1.29 is 4.74 Å². The minimum absolute atomic E-state index is 0.240. The fourth-order valence-electron chi connectivity index (χ4n) is 3.41. The molecule has 108 valence electrons. The first-order valence-corrected chi connectivity index (χ1v) is 6.64. The first-order chi connectivity index (χ1) is 9.66. The minimum Gasteiger partial charge on any atom is -0.382 e. The Bertz CT molecular complexity index is 559. The average molecular weight is 278 g/mol. The summed E-state index contributed by atoms with van der Waals surface area (Å²) >= 11 is 0. The molecule has 0 radical (unpaired) electrons. The second-order valence-corrected chi connectivity index (χ2v) is 5.24. The van der Waals surface area contributed by atoms with Gasteiger partial charge in [-0.05, 0) is 18.1 Å². The summed E-state index contributed by atoms with van der Waals surface area (Å²) in [5.41, 5.74) is 10.9. The monoisotopic (exact) mass is 278 g/mol. The Balaban J connectivity index is 2.18. The molecule has 1 saturated carbocycles. The fourth-order valence-corrected chi connectivity index (χ4v) is 3.41. The molecule has 5 N–H and O–H groups in total. The molecule has 0 saturated heterocycles. The zero-order chi connectivity index (χ0) is 14.2. The first kappa shape index (κ1) is 13.0. The van der Waals surface area contributed by atoms with Gasteiger partial charge in [0.25, 0.3) is 5.72 Å². The lowest BCUT2D eigenvalue weighted by atomic mass is 9.64. The van der Waals surface area contributed by atoms with Crippen LogP contribution in [0.5, 0.6) is 0 Å². The van der Waals surface area contributed by atoms with Crippen molar-refractivity contribution in [2.24, 2.45) is 21.2 Å². The third-order valence-corrected chi connectivity index (χ3v) is 4.37. The van der Waals surface area contributed by atoms with Gasteiger partial charge in [-0.25, -0.2) is 5.10 Å². The maximum atomic E-state index is 6.03. The molecule has 1 aromatic heterocycles. The Morgan fingerprint density at radius 2 is 1.95 bits per heavy atom. The highest BCUT2D eigenvalue weighted by molar-refractivity contribution is 5.91. The van der Waals surface area contributed by atoms with E-state index in [1.165, 1.54) is 0 Å². The first-order valence-electron chi connectivity index (χ1n) is 6.64. The molecule has 2 aliphatic rings. The SMILES string of the molecule is COC1(C2(c3nn[nH]c3N)CCCCC2)N=NN=C1N. The number of hydrogen-bond donors (Lipinski definition) is 3. The number of nitrogen functional groups attached to an aromatic ring is 1. The van der Waals surface area contributed by atoms with Crippen LogP contribution in [0.15, 0.2) is 15.4 Å². The predicted octanol–water partition coefficient (Wildman–Crippen LogP) is 0.669. The lowest BCUT2D eigenvalue weighted by molar-refractivity contribution is -0.0337. The number of aromatic amines is 1. The van der Waals surface area contributed by atoms with E-state index in [9.17, 15) is 0 Å². The van der Waals surface area contributed by atoms with Crippen molar-refractivity contribution in [3.8, 4) is 0 Å². The highest BCUT2D eigenvalue weighted by Gasteiger charge is 2.61. The summed E-state index contributed by atoms with van der Waals surface area (Å²) in [5.74, 6) is 0.655. The number of anilines is 1. The molecular formula is C11H18N8O. The van der Waals surface area contributed by atoms with E-state index in [1.807, 2.05) is 0 Å². The molecular weight excluding hydrogens is 260 g/mol. The predicted molar refractivity (Wildman–Crippen MR) is 71.8 cm³/mol. The number of ether oxygens (including phenoxy) is 1. The Labute approximate surface area is 115 Å². The Hall–Kier alpha value is -2.03. The van der Waals surface area contributed by atoms with Gasteiger partial charge in [-0.3, -0.25) is 0 Å². The summed E-state index contributed by atoms with van der Waals surface area (Å²) in [6.07, 6.45) is 4.77. The Morgan fingerprint density at radius 3 is 2.45 bits per heavy atom. The van der Waals surface area contributed by atoms with Crippen molar-refractivity contribution in [3.63, 3.8) is 0 Å². The molecule has 0 bridgehead atoms. The average Bonchev–Trinajstić information content (AvgIpc) is 3.06. The van der Waals surface area contributed by atoms with Gasteiger partial charge < -0.3 is 16.2 Å². The second kappa shape index (κ2) is 4.51. The van der Waals surface area contributed by atoms with Crippen LogP contribution in [0, 0.1) is 0 Å². The minimum atomic E-state index is -1.14. The molecule has 0 amide bonds. The van der Waals surface area contributed by atoms with Crippen LogP contribution in [0.3, 0.4) is 0 Å². The summed E-state index contributed by atoms with van der Waals surface area (Å²) in [7, 11) is 1.55.